The van der Waals surface area contributed by atoms with Gasteiger partial charge < -0.3 is 15.3 Å². The molecular formula is C8H14N4O2. The van der Waals surface area contributed by atoms with E-state index in [-0.39, 0.29) is 12.2 Å². The first-order valence-corrected chi connectivity index (χ1v) is 4.27. The second-order valence-corrected chi connectivity index (χ2v) is 3.00. The van der Waals surface area contributed by atoms with E-state index in [9.17, 15) is 4.79 Å². The number of hydrogen-bond donors (Lipinski definition) is 3. The molecule has 0 radical (unpaired) electrons. The van der Waals surface area contributed by atoms with Crippen LogP contribution >= 0.6 is 0 Å². The molecule has 1 aromatic heterocycles. The second-order valence-electron chi connectivity index (χ2n) is 3.00. The largest absolute Gasteiger partial charge is 0.395 e. The highest BCUT2D eigenvalue weighted by Gasteiger charge is 2.01. The Bertz CT molecular complexity index is 347. The molecule has 14 heavy (non-hydrogen) atoms. The van der Waals surface area contributed by atoms with Crippen molar-refractivity contribution in [1.29, 1.82) is 0 Å². The SMILES string of the molecule is CN(C)c1nc(NCCO)cc(=O)[nH]1. The molecule has 0 fully saturated rings. The Labute approximate surface area is 81.6 Å². The molecule has 0 aliphatic heterocycles. The molecule has 78 valence electrons. The van der Waals surface area contributed by atoms with Crippen molar-refractivity contribution in [3.05, 3.63) is 16.4 Å². The minimum absolute atomic E-state index is 0.00573. The first-order valence-electron chi connectivity index (χ1n) is 4.27. The summed E-state index contributed by atoms with van der Waals surface area (Å²) in [6, 6.07) is 1.35. The van der Waals surface area contributed by atoms with E-state index < -0.39 is 0 Å². The standard InChI is InChI=1S/C8H14N4O2/c1-12(2)8-10-6(9-3-4-13)5-7(14)11-8/h5,13H,3-4H2,1-2H3,(H2,9,10,11,14). The predicted molar refractivity (Wildman–Crippen MR) is 54.8 cm³/mol. The number of aliphatic hydroxyl groups is 1. The topological polar surface area (TPSA) is 81.2 Å². The van der Waals surface area contributed by atoms with Crippen LogP contribution in [-0.2, 0) is 0 Å². The molecule has 0 spiro atoms. The summed E-state index contributed by atoms with van der Waals surface area (Å²) in [6.45, 7) is 0.384. The van der Waals surface area contributed by atoms with Crippen LogP contribution in [0.5, 0.6) is 0 Å². The Morgan fingerprint density at radius 2 is 2.36 bits per heavy atom. The Hall–Kier alpha value is -1.56. The minimum Gasteiger partial charge on any atom is -0.395 e. The molecule has 0 saturated heterocycles. The van der Waals surface area contributed by atoms with Crippen LogP contribution in [0.2, 0.25) is 0 Å². The summed E-state index contributed by atoms with van der Waals surface area (Å²) in [7, 11) is 3.57. The van der Waals surface area contributed by atoms with Crippen LogP contribution in [0.15, 0.2) is 10.9 Å². The second kappa shape index (κ2) is 4.61. The van der Waals surface area contributed by atoms with Gasteiger partial charge in [-0.25, -0.2) is 0 Å². The summed E-state index contributed by atoms with van der Waals surface area (Å²) < 4.78 is 0. The third-order valence-corrected chi connectivity index (χ3v) is 1.57. The van der Waals surface area contributed by atoms with Crippen molar-refractivity contribution >= 4 is 11.8 Å². The van der Waals surface area contributed by atoms with E-state index in [1.165, 1.54) is 6.07 Å². The van der Waals surface area contributed by atoms with Crippen molar-refractivity contribution in [2.75, 3.05) is 37.5 Å². The summed E-state index contributed by atoms with van der Waals surface area (Å²) >= 11 is 0. The first kappa shape index (κ1) is 10.5. The molecule has 1 rings (SSSR count). The first-order chi connectivity index (χ1) is 6.63. The Balaban J connectivity index is 2.90. The Kier molecular flexibility index (Phi) is 3.47. The lowest BCUT2D eigenvalue weighted by Crippen LogP contribution is -2.20. The monoisotopic (exact) mass is 198 g/mol. The molecule has 0 aliphatic rings. The normalized spacial score (nSPS) is 9.93. The van der Waals surface area contributed by atoms with Crippen LogP contribution in [0.3, 0.4) is 0 Å². The molecule has 0 saturated carbocycles. The molecule has 0 amide bonds. The van der Waals surface area contributed by atoms with Gasteiger partial charge in [0.25, 0.3) is 5.56 Å². The summed E-state index contributed by atoms with van der Waals surface area (Å²) in [5.41, 5.74) is -0.218. The molecule has 1 aromatic rings. The fraction of sp³-hybridized carbons (Fsp3) is 0.500. The average Bonchev–Trinajstić information content (AvgIpc) is 2.14. The van der Waals surface area contributed by atoms with Crippen molar-refractivity contribution < 1.29 is 5.11 Å². The van der Waals surface area contributed by atoms with E-state index in [0.29, 0.717) is 18.3 Å². The van der Waals surface area contributed by atoms with Crippen LogP contribution in [0.25, 0.3) is 0 Å². The molecule has 0 aliphatic carbocycles. The van der Waals surface area contributed by atoms with Gasteiger partial charge in [0.05, 0.1) is 6.61 Å². The van der Waals surface area contributed by atoms with Gasteiger partial charge in [-0.3, -0.25) is 9.78 Å². The molecule has 0 bridgehead atoms. The number of hydrogen-bond acceptors (Lipinski definition) is 5. The molecule has 1 heterocycles. The maximum absolute atomic E-state index is 11.2. The van der Waals surface area contributed by atoms with E-state index >= 15 is 0 Å². The van der Waals surface area contributed by atoms with Crippen LogP contribution < -0.4 is 15.8 Å². The molecule has 6 nitrogen and oxygen atoms in total. The summed E-state index contributed by atoms with van der Waals surface area (Å²) in [5.74, 6) is 0.949. The van der Waals surface area contributed by atoms with E-state index in [4.69, 9.17) is 5.11 Å². The number of nitrogens with one attached hydrogen (secondary N) is 2. The smallest absolute Gasteiger partial charge is 0.254 e. The average molecular weight is 198 g/mol. The fourth-order valence-corrected chi connectivity index (χ4v) is 0.931. The van der Waals surface area contributed by atoms with Gasteiger partial charge in [-0.05, 0) is 0 Å². The van der Waals surface area contributed by atoms with Crippen molar-refractivity contribution in [2.45, 2.75) is 0 Å². The van der Waals surface area contributed by atoms with Crippen LogP contribution in [0.4, 0.5) is 11.8 Å². The van der Waals surface area contributed by atoms with Gasteiger partial charge in [-0.15, -0.1) is 0 Å². The third-order valence-electron chi connectivity index (χ3n) is 1.57. The predicted octanol–water partition coefficient (Wildman–Crippen LogP) is -0.760. The van der Waals surface area contributed by atoms with E-state index in [1.54, 1.807) is 19.0 Å². The highest BCUT2D eigenvalue weighted by atomic mass is 16.3. The number of nitrogens with zero attached hydrogens (tertiary/aromatic N) is 2. The minimum atomic E-state index is -0.218. The molecule has 6 heteroatoms. The lowest BCUT2D eigenvalue weighted by molar-refractivity contribution is 0.311. The zero-order chi connectivity index (χ0) is 10.6. The van der Waals surface area contributed by atoms with Crippen LogP contribution in [0.1, 0.15) is 0 Å². The molecule has 0 atom stereocenters. The highest BCUT2D eigenvalue weighted by molar-refractivity contribution is 5.40. The van der Waals surface area contributed by atoms with Crippen molar-refractivity contribution in [3.8, 4) is 0 Å². The molecule has 0 aromatic carbocycles. The van der Waals surface area contributed by atoms with E-state index in [1.807, 2.05) is 0 Å². The van der Waals surface area contributed by atoms with Crippen LogP contribution in [-0.4, -0.2) is 42.3 Å². The summed E-state index contributed by atoms with van der Waals surface area (Å²) in [6.07, 6.45) is 0. The van der Waals surface area contributed by atoms with Gasteiger partial charge in [0.2, 0.25) is 5.95 Å². The van der Waals surface area contributed by atoms with Crippen molar-refractivity contribution in [1.82, 2.24) is 9.97 Å². The number of aromatic amines is 1. The zero-order valence-corrected chi connectivity index (χ0v) is 8.24. The maximum Gasteiger partial charge on any atom is 0.254 e. The van der Waals surface area contributed by atoms with Gasteiger partial charge in [-0.2, -0.15) is 4.98 Å². The zero-order valence-electron chi connectivity index (χ0n) is 8.24. The molecular weight excluding hydrogens is 184 g/mol. The lowest BCUT2D eigenvalue weighted by atomic mass is 10.5. The number of H-pyrrole nitrogens is 1. The van der Waals surface area contributed by atoms with Gasteiger partial charge in [-0.1, -0.05) is 0 Å². The van der Waals surface area contributed by atoms with Gasteiger partial charge >= 0.3 is 0 Å². The Morgan fingerprint density at radius 3 is 2.93 bits per heavy atom. The van der Waals surface area contributed by atoms with E-state index in [0.717, 1.165) is 0 Å². The fourth-order valence-electron chi connectivity index (χ4n) is 0.931. The molecule has 3 N–H and O–H groups in total. The van der Waals surface area contributed by atoms with Crippen molar-refractivity contribution in [3.63, 3.8) is 0 Å². The lowest BCUT2D eigenvalue weighted by Gasteiger charge is -2.11. The number of anilines is 2. The summed E-state index contributed by atoms with van der Waals surface area (Å²) in [4.78, 5) is 19.6. The molecule has 0 unspecified atom stereocenters. The number of rotatable bonds is 4. The highest BCUT2D eigenvalue weighted by Crippen LogP contribution is 2.04. The Morgan fingerprint density at radius 1 is 1.64 bits per heavy atom. The summed E-state index contributed by atoms with van der Waals surface area (Å²) in [5, 5.41) is 11.4. The third kappa shape index (κ3) is 2.74. The quantitative estimate of drug-likeness (QED) is 0.592. The van der Waals surface area contributed by atoms with Crippen molar-refractivity contribution in [2.24, 2.45) is 0 Å². The van der Waals surface area contributed by atoms with Crippen LogP contribution in [0, 0.1) is 0 Å². The van der Waals surface area contributed by atoms with E-state index in [2.05, 4.69) is 15.3 Å². The number of aliphatic hydroxyl groups excluding tert-OH is 1. The van der Waals surface area contributed by atoms with Gasteiger partial charge in [0, 0.05) is 26.7 Å². The number of aromatic nitrogens is 2. The van der Waals surface area contributed by atoms with Gasteiger partial charge in [0.1, 0.15) is 5.82 Å². The maximum atomic E-state index is 11.2. The van der Waals surface area contributed by atoms with Gasteiger partial charge in [0.15, 0.2) is 0 Å².